The van der Waals surface area contributed by atoms with E-state index in [2.05, 4.69) is 10.2 Å². The summed E-state index contributed by atoms with van der Waals surface area (Å²) in [7, 11) is 0. The summed E-state index contributed by atoms with van der Waals surface area (Å²) < 4.78 is 0. The Morgan fingerprint density at radius 1 is 1.00 bits per heavy atom. The molecule has 0 bridgehead atoms. The molecule has 18 heavy (non-hydrogen) atoms. The maximum absolute atomic E-state index is 9.20. The molecule has 108 valence electrons. The van der Waals surface area contributed by atoms with Gasteiger partial charge in [-0.1, -0.05) is 0 Å². The molecule has 0 aromatic heterocycles. The summed E-state index contributed by atoms with van der Waals surface area (Å²) >= 11 is 5.57. The number of nitrogens with zero attached hydrogens (tertiary/aromatic N) is 1. The lowest BCUT2D eigenvalue weighted by Crippen LogP contribution is -2.36. The zero-order valence-electron chi connectivity index (χ0n) is 11.2. The van der Waals surface area contributed by atoms with Crippen molar-refractivity contribution in [3.8, 4) is 0 Å². The van der Waals surface area contributed by atoms with Gasteiger partial charge in [0.2, 0.25) is 0 Å². The van der Waals surface area contributed by atoms with E-state index in [9.17, 15) is 5.11 Å². The number of hydrogen-bond donors (Lipinski definition) is 3. The van der Waals surface area contributed by atoms with Crippen molar-refractivity contribution in [1.29, 1.82) is 0 Å². The second-order valence-electron chi connectivity index (χ2n) is 5.10. The van der Waals surface area contributed by atoms with Gasteiger partial charge in [-0.25, -0.2) is 0 Å². The van der Waals surface area contributed by atoms with Crippen LogP contribution < -0.4 is 5.32 Å². The largest absolute Gasteiger partial charge is 0.393 e. The van der Waals surface area contributed by atoms with E-state index in [-0.39, 0.29) is 12.2 Å². The SMILES string of the molecule is OC1CCN(CCCCl)CC1.OC1CCNCC1. The van der Waals surface area contributed by atoms with Crippen LogP contribution >= 0.6 is 11.6 Å². The number of hydrogen-bond acceptors (Lipinski definition) is 4. The summed E-state index contributed by atoms with van der Waals surface area (Å²) in [4.78, 5) is 2.37. The maximum Gasteiger partial charge on any atom is 0.0564 e. The van der Waals surface area contributed by atoms with Crippen molar-refractivity contribution in [2.24, 2.45) is 0 Å². The third-order valence-corrected chi connectivity index (χ3v) is 3.74. The molecular formula is C13H27ClN2O2. The first-order valence-electron chi connectivity index (χ1n) is 7.07. The lowest BCUT2D eigenvalue weighted by atomic mass is 10.1. The highest BCUT2D eigenvalue weighted by atomic mass is 35.5. The molecule has 0 aromatic carbocycles. The number of likely N-dealkylation sites (tertiary alicyclic amines) is 1. The van der Waals surface area contributed by atoms with Crippen LogP contribution in [0.4, 0.5) is 0 Å². The van der Waals surface area contributed by atoms with Gasteiger partial charge in [0, 0.05) is 19.0 Å². The summed E-state index contributed by atoms with van der Waals surface area (Å²) in [5, 5.41) is 21.2. The highest BCUT2D eigenvalue weighted by Gasteiger charge is 2.15. The van der Waals surface area contributed by atoms with Crippen LogP contribution in [-0.2, 0) is 0 Å². The van der Waals surface area contributed by atoms with E-state index in [1.807, 2.05) is 0 Å². The molecular weight excluding hydrogens is 252 g/mol. The lowest BCUT2D eigenvalue weighted by Gasteiger charge is -2.29. The Balaban J connectivity index is 0.000000199. The molecule has 2 aliphatic heterocycles. The predicted octanol–water partition coefficient (Wildman–Crippen LogP) is 0.803. The normalized spacial score (nSPS) is 23.5. The Morgan fingerprint density at radius 2 is 1.56 bits per heavy atom. The van der Waals surface area contributed by atoms with Crippen molar-refractivity contribution < 1.29 is 10.2 Å². The van der Waals surface area contributed by atoms with Crippen LogP contribution in [0.25, 0.3) is 0 Å². The zero-order valence-corrected chi connectivity index (χ0v) is 11.9. The van der Waals surface area contributed by atoms with Crippen LogP contribution in [0.2, 0.25) is 0 Å². The van der Waals surface area contributed by atoms with Gasteiger partial charge in [0.15, 0.2) is 0 Å². The number of halogens is 1. The third kappa shape index (κ3) is 7.54. The molecule has 2 aliphatic rings. The fourth-order valence-electron chi connectivity index (χ4n) is 2.23. The van der Waals surface area contributed by atoms with Gasteiger partial charge in [-0.2, -0.15) is 0 Å². The van der Waals surface area contributed by atoms with E-state index in [1.54, 1.807) is 0 Å². The topological polar surface area (TPSA) is 55.7 Å². The monoisotopic (exact) mass is 278 g/mol. The Kier molecular flexibility index (Phi) is 8.98. The molecule has 0 radical (unpaired) electrons. The first kappa shape index (κ1) is 16.2. The van der Waals surface area contributed by atoms with E-state index in [0.29, 0.717) is 0 Å². The first-order valence-corrected chi connectivity index (χ1v) is 7.61. The summed E-state index contributed by atoms with van der Waals surface area (Å²) in [6.45, 7) is 5.15. The fourth-order valence-corrected chi connectivity index (χ4v) is 2.35. The van der Waals surface area contributed by atoms with Gasteiger partial charge in [0.1, 0.15) is 0 Å². The van der Waals surface area contributed by atoms with Crippen molar-refractivity contribution in [2.75, 3.05) is 38.6 Å². The van der Waals surface area contributed by atoms with Gasteiger partial charge in [-0.05, 0) is 51.7 Å². The van der Waals surface area contributed by atoms with Gasteiger partial charge in [-0.3, -0.25) is 0 Å². The van der Waals surface area contributed by atoms with E-state index >= 15 is 0 Å². The molecule has 0 amide bonds. The molecule has 0 saturated carbocycles. The molecule has 2 heterocycles. The molecule has 4 nitrogen and oxygen atoms in total. The van der Waals surface area contributed by atoms with E-state index in [4.69, 9.17) is 16.7 Å². The number of alkyl halides is 1. The van der Waals surface area contributed by atoms with Crippen molar-refractivity contribution in [3.63, 3.8) is 0 Å². The predicted molar refractivity (Wildman–Crippen MR) is 75.1 cm³/mol. The Morgan fingerprint density at radius 3 is 2.00 bits per heavy atom. The average molecular weight is 279 g/mol. The molecule has 2 rings (SSSR count). The van der Waals surface area contributed by atoms with E-state index in [0.717, 1.165) is 70.7 Å². The first-order chi connectivity index (χ1) is 8.72. The average Bonchev–Trinajstić information content (AvgIpc) is 2.40. The number of aliphatic hydroxyl groups is 2. The summed E-state index contributed by atoms with van der Waals surface area (Å²) in [5.41, 5.74) is 0. The van der Waals surface area contributed by atoms with Crippen LogP contribution in [0, 0.1) is 0 Å². The molecule has 0 aliphatic carbocycles. The molecule has 5 heteroatoms. The quantitative estimate of drug-likeness (QED) is 0.669. The Hall–Kier alpha value is 0.130. The smallest absolute Gasteiger partial charge is 0.0564 e. The van der Waals surface area contributed by atoms with Crippen LogP contribution in [0.5, 0.6) is 0 Å². The van der Waals surface area contributed by atoms with Gasteiger partial charge in [0.05, 0.1) is 12.2 Å². The summed E-state index contributed by atoms with van der Waals surface area (Å²) in [5.74, 6) is 0.749. The summed E-state index contributed by atoms with van der Waals surface area (Å²) in [6, 6.07) is 0. The number of aliphatic hydroxyl groups excluding tert-OH is 2. The van der Waals surface area contributed by atoms with Crippen LogP contribution in [-0.4, -0.2) is 65.9 Å². The minimum absolute atomic E-state index is 0.0266. The zero-order chi connectivity index (χ0) is 13.2. The van der Waals surface area contributed by atoms with Crippen LogP contribution in [0.3, 0.4) is 0 Å². The van der Waals surface area contributed by atoms with Crippen molar-refractivity contribution >= 4 is 11.6 Å². The van der Waals surface area contributed by atoms with Gasteiger partial charge in [-0.15, -0.1) is 11.6 Å². The van der Waals surface area contributed by atoms with Gasteiger partial charge >= 0.3 is 0 Å². The highest BCUT2D eigenvalue weighted by Crippen LogP contribution is 2.09. The van der Waals surface area contributed by atoms with E-state index < -0.39 is 0 Å². The van der Waals surface area contributed by atoms with Crippen LogP contribution in [0.1, 0.15) is 32.1 Å². The number of nitrogens with one attached hydrogen (secondary N) is 1. The Bertz CT molecular complexity index is 191. The molecule has 0 aromatic rings. The molecule has 3 N–H and O–H groups in total. The number of piperidine rings is 2. The van der Waals surface area contributed by atoms with E-state index in [1.165, 1.54) is 0 Å². The third-order valence-electron chi connectivity index (χ3n) is 3.47. The molecule has 2 fully saturated rings. The fraction of sp³-hybridized carbons (Fsp3) is 1.00. The molecule has 2 saturated heterocycles. The second-order valence-corrected chi connectivity index (χ2v) is 5.47. The van der Waals surface area contributed by atoms with Gasteiger partial charge in [0.25, 0.3) is 0 Å². The minimum Gasteiger partial charge on any atom is -0.393 e. The van der Waals surface area contributed by atoms with Crippen molar-refractivity contribution in [2.45, 2.75) is 44.3 Å². The molecule has 0 atom stereocenters. The molecule has 0 spiro atoms. The maximum atomic E-state index is 9.20. The second kappa shape index (κ2) is 9.98. The lowest BCUT2D eigenvalue weighted by molar-refractivity contribution is 0.0828. The number of rotatable bonds is 3. The Labute approximate surface area is 115 Å². The van der Waals surface area contributed by atoms with Crippen LogP contribution in [0.15, 0.2) is 0 Å². The molecule has 0 unspecified atom stereocenters. The highest BCUT2D eigenvalue weighted by molar-refractivity contribution is 6.17. The minimum atomic E-state index is -0.0535. The van der Waals surface area contributed by atoms with Gasteiger partial charge < -0.3 is 20.4 Å². The standard InChI is InChI=1S/C8H16ClNO.C5H11NO/c9-4-1-5-10-6-2-8(11)3-7-10;7-5-1-3-6-4-2-5/h8,11H,1-7H2;5-7H,1-4H2. The summed E-state index contributed by atoms with van der Waals surface area (Å²) in [6.07, 6.45) is 4.71. The van der Waals surface area contributed by atoms with Crippen molar-refractivity contribution in [1.82, 2.24) is 10.2 Å². The van der Waals surface area contributed by atoms with Crippen molar-refractivity contribution in [3.05, 3.63) is 0 Å².